The summed E-state index contributed by atoms with van der Waals surface area (Å²) < 4.78 is 0. The van der Waals surface area contributed by atoms with E-state index in [1.165, 1.54) is 44.0 Å². The van der Waals surface area contributed by atoms with Gasteiger partial charge in [-0.15, -0.1) is 0 Å². The standard InChI is InChI=1S/C21H15N/c1-22-18-11-5-8-15-7-4-10-17(20(15)18)21-16-9-3-2-6-14(16)12-13-19(21)22/h2-13H,1H3. The Balaban J connectivity index is 2.05. The predicted molar refractivity (Wildman–Crippen MR) is 95.0 cm³/mol. The number of nitrogens with zero attached hydrogens (tertiary/aromatic N) is 1. The van der Waals surface area contributed by atoms with Gasteiger partial charge >= 0.3 is 0 Å². The second kappa shape index (κ2) is 4.11. The number of hydrogen-bond donors (Lipinski definition) is 0. The van der Waals surface area contributed by atoms with E-state index in [4.69, 9.17) is 0 Å². The second-order valence-corrected chi connectivity index (χ2v) is 5.92. The number of fused-ring (bicyclic) bond motifs is 4. The lowest BCUT2D eigenvalue weighted by molar-refractivity contribution is 1.22. The molecule has 0 fully saturated rings. The quantitative estimate of drug-likeness (QED) is 0.397. The van der Waals surface area contributed by atoms with E-state index < -0.39 is 0 Å². The van der Waals surface area contributed by atoms with Gasteiger partial charge in [0.1, 0.15) is 0 Å². The van der Waals surface area contributed by atoms with Crippen LogP contribution < -0.4 is 4.90 Å². The molecule has 0 atom stereocenters. The summed E-state index contributed by atoms with van der Waals surface area (Å²) in [7, 11) is 2.16. The van der Waals surface area contributed by atoms with E-state index in [1.54, 1.807) is 0 Å². The summed E-state index contributed by atoms with van der Waals surface area (Å²) in [6.07, 6.45) is 0. The molecule has 1 heteroatoms. The minimum atomic E-state index is 1.28. The molecule has 1 aliphatic heterocycles. The Kier molecular flexibility index (Phi) is 2.21. The zero-order valence-corrected chi connectivity index (χ0v) is 12.4. The smallest absolute Gasteiger partial charge is 0.0494 e. The van der Waals surface area contributed by atoms with Crippen molar-refractivity contribution >= 4 is 32.9 Å². The maximum Gasteiger partial charge on any atom is 0.0494 e. The van der Waals surface area contributed by atoms with Crippen LogP contribution in [0.2, 0.25) is 0 Å². The molecule has 0 saturated carbocycles. The van der Waals surface area contributed by atoms with Gasteiger partial charge in [0, 0.05) is 29.4 Å². The van der Waals surface area contributed by atoms with E-state index in [-0.39, 0.29) is 0 Å². The third kappa shape index (κ3) is 1.38. The van der Waals surface area contributed by atoms with Crippen LogP contribution in [0.5, 0.6) is 0 Å². The Morgan fingerprint density at radius 3 is 2.32 bits per heavy atom. The highest BCUT2D eigenvalue weighted by atomic mass is 15.1. The lowest BCUT2D eigenvalue weighted by Gasteiger charge is -2.31. The number of rotatable bonds is 0. The molecule has 0 radical (unpaired) electrons. The van der Waals surface area contributed by atoms with E-state index in [0.717, 1.165) is 0 Å². The molecular weight excluding hydrogens is 266 g/mol. The van der Waals surface area contributed by atoms with Crippen LogP contribution in [0.25, 0.3) is 32.7 Å². The van der Waals surface area contributed by atoms with Gasteiger partial charge in [0.15, 0.2) is 0 Å². The molecule has 0 aliphatic carbocycles. The molecule has 1 aliphatic rings. The highest BCUT2D eigenvalue weighted by molar-refractivity contribution is 6.17. The van der Waals surface area contributed by atoms with Gasteiger partial charge in [0.05, 0.1) is 0 Å². The molecule has 0 amide bonds. The average molecular weight is 281 g/mol. The van der Waals surface area contributed by atoms with Crippen molar-refractivity contribution in [1.82, 2.24) is 0 Å². The highest BCUT2D eigenvalue weighted by Gasteiger charge is 2.23. The fraction of sp³-hybridized carbons (Fsp3) is 0.0476. The van der Waals surface area contributed by atoms with Crippen molar-refractivity contribution in [3.05, 3.63) is 72.8 Å². The van der Waals surface area contributed by atoms with Crippen molar-refractivity contribution in [3.8, 4) is 11.1 Å². The Hall–Kier alpha value is -2.80. The second-order valence-electron chi connectivity index (χ2n) is 5.92. The molecule has 0 aromatic heterocycles. The van der Waals surface area contributed by atoms with Crippen LogP contribution in [0.4, 0.5) is 11.4 Å². The molecular formula is C21H15N. The van der Waals surface area contributed by atoms with Crippen molar-refractivity contribution in [3.63, 3.8) is 0 Å². The molecule has 1 nitrogen and oxygen atoms in total. The summed E-state index contributed by atoms with van der Waals surface area (Å²) in [6.45, 7) is 0. The average Bonchev–Trinajstić information content (AvgIpc) is 2.58. The first-order chi connectivity index (χ1) is 10.8. The summed E-state index contributed by atoms with van der Waals surface area (Å²) in [5.74, 6) is 0. The Labute approximate surface area is 129 Å². The lowest BCUT2D eigenvalue weighted by atomic mass is 9.88. The summed E-state index contributed by atoms with van der Waals surface area (Å²) in [4.78, 5) is 2.32. The molecule has 0 bridgehead atoms. The molecule has 0 spiro atoms. The first-order valence-corrected chi connectivity index (χ1v) is 7.62. The number of benzene rings is 4. The van der Waals surface area contributed by atoms with Crippen LogP contribution in [0.1, 0.15) is 0 Å². The van der Waals surface area contributed by atoms with Crippen LogP contribution in [0.3, 0.4) is 0 Å². The van der Waals surface area contributed by atoms with Crippen molar-refractivity contribution in [1.29, 1.82) is 0 Å². The zero-order valence-electron chi connectivity index (χ0n) is 12.4. The zero-order chi connectivity index (χ0) is 14.7. The fourth-order valence-corrected chi connectivity index (χ4v) is 3.76. The maximum atomic E-state index is 2.32. The first kappa shape index (κ1) is 11.8. The predicted octanol–water partition coefficient (Wildman–Crippen LogP) is 5.74. The van der Waals surface area contributed by atoms with Crippen LogP contribution in [0, 0.1) is 0 Å². The summed E-state index contributed by atoms with van der Waals surface area (Å²) in [5.41, 5.74) is 5.27. The molecule has 5 rings (SSSR count). The minimum Gasteiger partial charge on any atom is -0.344 e. The molecule has 0 saturated heterocycles. The van der Waals surface area contributed by atoms with Crippen LogP contribution in [0.15, 0.2) is 72.8 Å². The van der Waals surface area contributed by atoms with Gasteiger partial charge < -0.3 is 4.90 Å². The topological polar surface area (TPSA) is 3.24 Å². The van der Waals surface area contributed by atoms with E-state index in [2.05, 4.69) is 84.7 Å². The van der Waals surface area contributed by atoms with E-state index in [1.807, 2.05) is 0 Å². The van der Waals surface area contributed by atoms with E-state index >= 15 is 0 Å². The molecule has 4 aromatic rings. The molecule has 104 valence electrons. The highest BCUT2D eigenvalue weighted by Crippen LogP contribution is 2.49. The van der Waals surface area contributed by atoms with Crippen molar-refractivity contribution in [2.24, 2.45) is 0 Å². The Morgan fingerprint density at radius 2 is 1.41 bits per heavy atom. The van der Waals surface area contributed by atoms with Crippen LogP contribution in [-0.2, 0) is 0 Å². The van der Waals surface area contributed by atoms with Gasteiger partial charge in [0.25, 0.3) is 0 Å². The first-order valence-electron chi connectivity index (χ1n) is 7.62. The number of anilines is 2. The van der Waals surface area contributed by atoms with E-state index in [9.17, 15) is 0 Å². The number of hydrogen-bond acceptors (Lipinski definition) is 1. The SMILES string of the molecule is CN1c2ccc3ccccc3c2-c2cccc3cccc1c23. The van der Waals surface area contributed by atoms with Crippen molar-refractivity contribution < 1.29 is 0 Å². The molecule has 0 N–H and O–H groups in total. The normalized spacial score (nSPS) is 12.7. The van der Waals surface area contributed by atoms with Gasteiger partial charge in [-0.05, 0) is 33.9 Å². The molecule has 4 aromatic carbocycles. The van der Waals surface area contributed by atoms with Gasteiger partial charge in [-0.25, -0.2) is 0 Å². The summed E-state index contributed by atoms with van der Waals surface area (Å²) in [6, 6.07) is 26.3. The molecule has 0 unspecified atom stereocenters. The van der Waals surface area contributed by atoms with Crippen LogP contribution in [-0.4, -0.2) is 7.05 Å². The maximum absolute atomic E-state index is 2.32. The summed E-state index contributed by atoms with van der Waals surface area (Å²) >= 11 is 0. The fourth-order valence-electron chi connectivity index (χ4n) is 3.76. The monoisotopic (exact) mass is 281 g/mol. The molecule has 1 heterocycles. The minimum absolute atomic E-state index is 1.28. The van der Waals surface area contributed by atoms with Gasteiger partial charge in [-0.2, -0.15) is 0 Å². The van der Waals surface area contributed by atoms with Gasteiger partial charge in [-0.3, -0.25) is 0 Å². The van der Waals surface area contributed by atoms with Crippen molar-refractivity contribution in [2.45, 2.75) is 0 Å². The third-order valence-electron chi connectivity index (χ3n) is 4.78. The third-order valence-corrected chi connectivity index (χ3v) is 4.78. The Morgan fingerprint density at radius 1 is 0.636 bits per heavy atom. The summed E-state index contributed by atoms with van der Waals surface area (Å²) in [5, 5.41) is 5.29. The van der Waals surface area contributed by atoms with E-state index in [0.29, 0.717) is 0 Å². The Bertz CT molecular complexity index is 1040. The van der Waals surface area contributed by atoms with Gasteiger partial charge in [0.2, 0.25) is 0 Å². The van der Waals surface area contributed by atoms with Gasteiger partial charge in [-0.1, -0.05) is 60.7 Å². The van der Waals surface area contributed by atoms with Crippen molar-refractivity contribution in [2.75, 3.05) is 11.9 Å². The lowest BCUT2D eigenvalue weighted by Crippen LogP contribution is -2.14. The van der Waals surface area contributed by atoms with Crippen LogP contribution >= 0.6 is 0 Å². The molecule has 22 heavy (non-hydrogen) atoms. The largest absolute Gasteiger partial charge is 0.344 e.